The van der Waals surface area contributed by atoms with E-state index in [2.05, 4.69) is 29.2 Å². The molecule has 1 atom stereocenters. The summed E-state index contributed by atoms with van der Waals surface area (Å²) in [4.78, 5) is 2.91. The number of sulfonamides is 1. The number of hydrogen-bond donors (Lipinski definition) is 0. The number of rotatable bonds is 3. The lowest BCUT2D eigenvalue weighted by molar-refractivity contribution is 0.185. The van der Waals surface area contributed by atoms with Crippen molar-refractivity contribution in [2.24, 2.45) is 0 Å². The Kier molecular flexibility index (Phi) is 4.63. The van der Waals surface area contributed by atoms with Gasteiger partial charge in [0, 0.05) is 32.2 Å². The zero-order valence-corrected chi connectivity index (χ0v) is 16.3. The zero-order valence-electron chi connectivity index (χ0n) is 15.5. The lowest BCUT2D eigenvalue weighted by Crippen LogP contribution is -2.41. The quantitative estimate of drug-likeness (QED) is 0.833. The van der Waals surface area contributed by atoms with Gasteiger partial charge >= 0.3 is 0 Å². The van der Waals surface area contributed by atoms with E-state index in [1.807, 2.05) is 26.0 Å². The highest BCUT2D eigenvalue weighted by molar-refractivity contribution is 7.89. The van der Waals surface area contributed by atoms with Crippen LogP contribution >= 0.6 is 0 Å². The van der Waals surface area contributed by atoms with E-state index in [-0.39, 0.29) is 0 Å². The first kappa shape index (κ1) is 17.7. The van der Waals surface area contributed by atoms with Crippen LogP contribution in [-0.2, 0) is 23.0 Å². The van der Waals surface area contributed by atoms with Crippen LogP contribution < -0.4 is 0 Å². The number of nitrogens with zero attached hydrogens (tertiary/aromatic N) is 2. The summed E-state index contributed by atoms with van der Waals surface area (Å²) in [5.41, 5.74) is 4.74. The zero-order chi connectivity index (χ0) is 18.3. The van der Waals surface area contributed by atoms with Gasteiger partial charge in [-0.2, -0.15) is 4.31 Å². The molecule has 0 saturated carbocycles. The van der Waals surface area contributed by atoms with Gasteiger partial charge in [0.1, 0.15) is 0 Å². The van der Waals surface area contributed by atoms with Gasteiger partial charge in [0.25, 0.3) is 0 Å². The largest absolute Gasteiger partial charge is 0.294 e. The molecule has 4 rings (SSSR count). The van der Waals surface area contributed by atoms with Gasteiger partial charge in [-0.1, -0.05) is 42.0 Å². The molecule has 0 radical (unpaired) electrons. The second-order valence-electron chi connectivity index (χ2n) is 7.56. The second kappa shape index (κ2) is 6.80. The van der Waals surface area contributed by atoms with Crippen LogP contribution in [0.2, 0.25) is 0 Å². The predicted molar refractivity (Wildman–Crippen MR) is 104 cm³/mol. The first-order valence-electron chi connectivity index (χ1n) is 9.33. The molecule has 138 valence electrons. The summed E-state index contributed by atoms with van der Waals surface area (Å²) in [7, 11) is -3.41. The summed E-state index contributed by atoms with van der Waals surface area (Å²) >= 11 is 0. The van der Waals surface area contributed by atoms with Gasteiger partial charge in [0.15, 0.2) is 0 Å². The average Bonchev–Trinajstić information content (AvgIpc) is 3.12. The molecule has 2 heterocycles. The van der Waals surface area contributed by atoms with Crippen LogP contribution in [0.3, 0.4) is 0 Å². The minimum absolute atomic E-state index is 0.309. The van der Waals surface area contributed by atoms with E-state index in [0.29, 0.717) is 24.0 Å². The minimum Gasteiger partial charge on any atom is -0.294 e. The number of benzene rings is 2. The number of fused-ring (bicyclic) bond motifs is 1. The fourth-order valence-electron chi connectivity index (χ4n) is 4.28. The van der Waals surface area contributed by atoms with E-state index in [1.54, 1.807) is 10.4 Å². The van der Waals surface area contributed by atoms with Crippen LogP contribution in [0, 0.1) is 13.8 Å². The summed E-state index contributed by atoms with van der Waals surface area (Å²) in [6, 6.07) is 14.5. The maximum absolute atomic E-state index is 13.1. The molecule has 2 aromatic rings. The van der Waals surface area contributed by atoms with E-state index in [9.17, 15) is 8.42 Å². The normalized spacial score (nSPS) is 21.7. The summed E-state index contributed by atoms with van der Waals surface area (Å²) in [5, 5.41) is 0. The van der Waals surface area contributed by atoms with Gasteiger partial charge in [0.2, 0.25) is 10.0 Å². The third-order valence-electron chi connectivity index (χ3n) is 5.75. The molecular formula is C21H26N2O2S. The Labute approximate surface area is 156 Å². The Morgan fingerprint density at radius 3 is 2.54 bits per heavy atom. The van der Waals surface area contributed by atoms with E-state index >= 15 is 0 Å². The van der Waals surface area contributed by atoms with E-state index in [1.165, 1.54) is 11.1 Å². The highest BCUT2D eigenvalue weighted by atomic mass is 32.2. The lowest BCUT2D eigenvalue weighted by atomic mass is 9.98. The highest BCUT2D eigenvalue weighted by Crippen LogP contribution is 2.29. The fourth-order valence-corrected chi connectivity index (χ4v) is 5.98. The van der Waals surface area contributed by atoms with Crippen molar-refractivity contribution >= 4 is 10.0 Å². The third-order valence-corrected chi connectivity index (χ3v) is 7.78. The summed E-state index contributed by atoms with van der Waals surface area (Å²) in [5.74, 6) is 0. The number of aryl methyl sites for hydroxylation is 2. The molecule has 0 aliphatic carbocycles. The summed E-state index contributed by atoms with van der Waals surface area (Å²) in [6.45, 7) is 7.02. The van der Waals surface area contributed by atoms with Gasteiger partial charge < -0.3 is 0 Å². The van der Waals surface area contributed by atoms with Crippen molar-refractivity contribution in [3.05, 3.63) is 64.7 Å². The van der Waals surface area contributed by atoms with Crippen molar-refractivity contribution in [2.75, 3.05) is 19.6 Å². The smallest absolute Gasteiger partial charge is 0.243 e. The van der Waals surface area contributed by atoms with Crippen LogP contribution in [0.1, 0.15) is 28.7 Å². The maximum Gasteiger partial charge on any atom is 0.243 e. The molecular weight excluding hydrogens is 344 g/mol. The van der Waals surface area contributed by atoms with Crippen molar-refractivity contribution < 1.29 is 8.42 Å². The molecule has 1 unspecified atom stereocenters. The minimum atomic E-state index is -3.41. The van der Waals surface area contributed by atoms with Crippen molar-refractivity contribution in [1.82, 2.24) is 9.21 Å². The molecule has 0 amide bonds. The first-order chi connectivity index (χ1) is 12.4. The van der Waals surface area contributed by atoms with E-state index in [4.69, 9.17) is 0 Å². The first-order valence-corrected chi connectivity index (χ1v) is 10.8. The third kappa shape index (κ3) is 3.20. The Morgan fingerprint density at radius 2 is 1.77 bits per heavy atom. The average molecular weight is 371 g/mol. The van der Waals surface area contributed by atoms with Crippen LogP contribution in [0.25, 0.3) is 0 Å². The molecule has 2 aliphatic heterocycles. The molecule has 1 saturated heterocycles. The van der Waals surface area contributed by atoms with Crippen LogP contribution in [0.15, 0.2) is 47.4 Å². The Bertz CT molecular complexity index is 923. The lowest BCUT2D eigenvalue weighted by Gasteiger charge is -2.33. The standard InChI is InChI=1S/C21H26N2O2S/c1-16-7-8-21(17(2)13-16)26(24,25)23-12-10-20(15-23)22-11-9-18-5-3-4-6-19(18)14-22/h3-8,13,20H,9-12,14-15H2,1-2H3. The van der Waals surface area contributed by atoms with Gasteiger partial charge in [0.05, 0.1) is 4.90 Å². The SMILES string of the molecule is Cc1ccc(S(=O)(=O)N2CCC(N3CCc4ccccc4C3)C2)c(C)c1. The molecule has 26 heavy (non-hydrogen) atoms. The fraction of sp³-hybridized carbons (Fsp3) is 0.429. The summed E-state index contributed by atoms with van der Waals surface area (Å²) < 4.78 is 27.9. The molecule has 2 aromatic carbocycles. The molecule has 2 aliphatic rings. The van der Waals surface area contributed by atoms with Gasteiger partial charge in [-0.25, -0.2) is 8.42 Å². The van der Waals surface area contributed by atoms with Crippen molar-refractivity contribution in [2.45, 2.75) is 44.2 Å². The Morgan fingerprint density at radius 1 is 1.00 bits per heavy atom. The van der Waals surface area contributed by atoms with E-state index < -0.39 is 10.0 Å². The molecule has 0 N–H and O–H groups in total. The number of hydrogen-bond acceptors (Lipinski definition) is 3. The van der Waals surface area contributed by atoms with Gasteiger partial charge in [-0.3, -0.25) is 4.90 Å². The second-order valence-corrected chi connectivity index (χ2v) is 9.47. The van der Waals surface area contributed by atoms with Crippen LogP contribution in [0.4, 0.5) is 0 Å². The van der Waals surface area contributed by atoms with E-state index in [0.717, 1.165) is 37.1 Å². The molecule has 0 aromatic heterocycles. The monoisotopic (exact) mass is 370 g/mol. The Balaban J connectivity index is 1.50. The van der Waals surface area contributed by atoms with Crippen molar-refractivity contribution in [3.8, 4) is 0 Å². The maximum atomic E-state index is 13.1. The Hall–Kier alpha value is -1.69. The van der Waals surface area contributed by atoms with Gasteiger partial charge in [-0.15, -0.1) is 0 Å². The van der Waals surface area contributed by atoms with Crippen molar-refractivity contribution in [1.29, 1.82) is 0 Å². The van der Waals surface area contributed by atoms with Crippen molar-refractivity contribution in [3.63, 3.8) is 0 Å². The molecule has 5 heteroatoms. The van der Waals surface area contributed by atoms with Crippen LogP contribution in [-0.4, -0.2) is 43.3 Å². The summed E-state index contributed by atoms with van der Waals surface area (Å²) in [6.07, 6.45) is 1.96. The van der Waals surface area contributed by atoms with Gasteiger partial charge in [-0.05, 0) is 49.4 Å². The predicted octanol–water partition coefficient (Wildman–Crippen LogP) is 3.12. The molecule has 0 bridgehead atoms. The topological polar surface area (TPSA) is 40.6 Å². The molecule has 1 fully saturated rings. The molecule has 0 spiro atoms. The van der Waals surface area contributed by atoms with Crippen LogP contribution in [0.5, 0.6) is 0 Å². The highest BCUT2D eigenvalue weighted by Gasteiger charge is 2.36. The molecule has 4 nitrogen and oxygen atoms in total.